The topological polar surface area (TPSA) is 160 Å². The van der Waals surface area contributed by atoms with E-state index in [9.17, 15) is 14.4 Å². The Hall–Kier alpha value is -2.53. The van der Waals surface area contributed by atoms with Gasteiger partial charge in [-0.05, 0) is 112 Å². The first-order valence-electron chi connectivity index (χ1n) is 18.4. The molecule has 4 aliphatic rings. The third kappa shape index (κ3) is 7.47. The van der Waals surface area contributed by atoms with Crippen LogP contribution in [-0.2, 0) is 35.1 Å². The Morgan fingerprint density at radius 1 is 0.875 bits per heavy atom. The van der Waals surface area contributed by atoms with Gasteiger partial charge in [0.1, 0.15) is 18.3 Å². The van der Waals surface area contributed by atoms with Gasteiger partial charge in [-0.15, -0.1) is 0 Å². The van der Waals surface area contributed by atoms with Crippen LogP contribution in [0.5, 0.6) is 0 Å². The van der Waals surface area contributed by atoms with Gasteiger partial charge in [-0.3, -0.25) is 14.4 Å². The fourth-order valence-corrected chi connectivity index (χ4v) is 11.0. The Morgan fingerprint density at radius 3 is 2.23 bits per heavy atom. The van der Waals surface area contributed by atoms with Crippen molar-refractivity contribution in [2.75, 3.05) is 33.2 Å². The van der Waals surface area contributed by atoms with Gasteiger partial charge in [0.15, 0.2) is 0 Å². The zero-order valence-electron chi connectivity index (χ0n) is 29.6. The van der Waals surface area contributed by atoms with Crippen LogP contribution in [0.3, 0.4) is 0 Å². The molecule has 11 atom stereocenters. The summed E-state index contributed by atoms with van der Waals surface area (Å²) in [6, 6.07) is 10.6. The van der Waals surface area contributed by atoms with Crippen LogP contribution in [0, 0.1) is 46.3 Å². The molecule has 10 nitrogen and oxygen atoms in total. The molecule has 5 rings (SSSR count). The second kappa shape index (κ2) is 15.6. The van der Waals surface area contributed by atoms with Crippen molar-refractivity contribution in [3.05, 3.63) is 35.9 Å². The van der Waals surface area contributed by atoms with Crippen molar-refractivity contribution in [2.45, 2.75) is 103 Å². The van der Waals surface area contributed by atoms with Crippen molar-refractivity contribution in [1.82, 2.24) is 4.90 Å². The SMILES string of the molecule is C[C@H](CCCN(C)Cc1ccccc1)[C@H]1CC[C@H]2C3[C@H](OC(=O)CN)CC4C[C@H](OC(=O)CN)CC[C@]4(C)[C@H]3C[C@H](OC(=O)CN)C12C. The summed E-state index contributed by atoms with van der Waals surface area (Å²) in [4.78, 5) is 40.2. The molecule has 4 fully saturated rings. The molecule has 6 N–H and O–H groups in total. The molecule has 10 heteroatoms. The first-order chi connectivity index (χ1) is 22.9. The number of carbonyl (C=O) groups excluding carboxylic acids is 3. The number of carbonyl (C=O) groups is 3. The molecule has 0 aliphatic heterocycles. The van der Waals surface area contributed by atoms with Gasteiger partial charge in [-0.25, -0.2) is 0 Å². The van der Waals surface area contributed by atoms with Crippen molar-refractivity contribution in [3.63, 3.8) is 0 Å². The van der Waals surface area contributed by atoms with Crippen LogP contribution in [0.1, 0.15) is 84.1 Å². The van der Waals surface area contributed by atoms with E-state index in [-0.39, 0.29) is 90.4 Å². The number of hydrogen-bond donors (Lipinski definition) is 3. The van der Waals surface area contributed by atoms with Gasteiger partial charge in [0, 0.05) is 17.9 Å². The predicted molar refractivity (Wildman–Crippen MR) is 184 cm³/mol. The highest BCUT2D eigenvalue weighted by molar-refractivity contribution is 5.72. The maximum Gasteiger partial charge on any atom is 0.319 e. The summed E-state index contributed by atoms with van der Waals surface area (Å²) in [5.74, 6) is 0.375. The number of benzene rings is 1. The number of fused-ring (bicyclic) bond motifs is 5. The number of esters is 3. The van der Waals surface area contributed by atoms with E-state index in [0.29, 0.717) is 31.1 Å². The molecule has 0 bridgehead atoms. The van der Waals surface area contributed by atoms with Crippen molar-refractivity contribution < 1.29 is 28.6 Å². The highest BCUT2D eigenvalue weighted by atomic mass is 16.6. The second-order valence-electron chi connectivity index (χ2n) is 15.9. The lowest BCUT2D eigenvalue weighted by Gasteiger charge is -2.64. The number of nitrogens with two attached hydrogens (primary N) is 3. The molecule has 0 radical (unpaired) electrons. The molecule has 0 saturated heterocycles. The number of ether oxygens (including phenoxy) is 3. The Balaban J connectivity index is 1.38. The van der Waals surface area contributed by atoms with Gasteiger partial charge in [0.2, 0.25) is 0 Å². The summed E-state index contributed by atoms with van der Waals surface area (Å²) in [5, 5.41) is 0. The lowest BCUT2D eigenvalue weighted by Crippen LogP contribution is -2.63. The number of rotatable bonds is 13. The molecule has 0 spiro atoms. The third-order valence-electron chi connectivity index (χ3n) is 13.3. The molecule has 1 aromatic rings. The fraction of sp³-hybridized carbons (Fsp3) is 0.763. The molecule has 268 valence electrons. The molecule has 1 aromatic carbocycles. The third-order valence-corrected chi connectivity index (χ3v) is 13.3. The minimum atomic E-state index is -0.389. The van der Waals surface area contributed by atoms with E-state index < -0.39 is 0 Å². The van der Waals surface area contributed by atoms with Gasteiger partial charge in [0.05, 0.1) is 19.6 Å². The van der Waals surface area contributed by atoms with E-state index in [1.54, 1.807) is 0 Å². The second-order valence-corrected chi connectivity index (χ2v) is 15.9. The van der Waals surface area contributed by atoms with E-state index in [1.807, 2.05) is 0 Å². The van der Waals surface area contributed by atoms with Gasteiger partial charge >= 0.3 is 17.9 Å². The molecule has 0 heterocycles. The Kier molecular flexibility index (Phi) is 11.9. The van der Waals surface area contributed by atoms with Crippen molar-refractivity contribution in [1.29, 1.82) is 0 Å². The average molecular weight is 669 g/mol. The number of hydrogen-bond acceptors (Lipinski definition) is 10. The first-order valence-corrected chi connectivity index (χ1v) is 18.4. The lowest BCUT2D eigenvalue weighted by atomic mass is 9.43. The Labute approximate surface area is 287 Å². The summed E-state index contributed by atoms with van der Waals surface area (Å²) in [5.41, 5.74) is 18.2. The fourth-order valence-electron chi connectivity index (χ4n) is 11.0. The highest BCUT2D eigenvalue weighted by Gasteiger charge is 2.67. The average Bonchev–Trinajstić information content (AvgIpc) is 3.43. The van der Waals surface area contributed by atoms with Gasteiger partial charge in [0.25, 0.3) is 0 Å². The summed E-state index contributed by atoms with van der Waals surface area (Å²) in [7, 11) is 2.18. The molecule has 3 unspecified atom stereocenters. The smallest absolute Gasteiger partial charge is 0.319 e. The van der Waals surface area contributed by atoms with Gasteiger partial charge in [-0.1, -0.05) is 51.1 Å². The monoisotopic (exact) mass is 668 g/mol. The van der Waals surface area contributed by atoms with Crippen LogP contribution >= 0.6 is 0 Å². The van der Waals surface area contributed by atoms with Crippen LogP contribution in [-0.4, -0.2) is 74.3 Å². The maximum atomic E-state index is 12.9. The first kappa shape index (κ1) is 36.7. The van der Waals surface area contributed by atoms with Crippen LogP contribution in [0.25, 0.3) is 0 Å². The molecule has 4 aliphatic carbocycles. The quantitative estimate of drug-likeness (QED) is 0.207. The van der Waals surface area contributed by atoms with E-state index in [1.165, 1.54) is 5.56 Å². The molecule has 0 amide bonds. The summed E-state index contributed by atoms with van der Waals surface area (Å²) < 4.78 is 18.3. The van der Waals surface area contributed by atoms with Gasteiger partial charge in [-0.2, -0.15) is 0 Å². The summed E-state index contributed by atoms with van der Waals surface area (Å²) in [6.07, 6.45) is 7.26. The Morgan fingerprint density at radius 2 is 1.54 bits per heavy atom. The van der Waals surface area contributed by atoms with Crippen LogP contribution in [0.15, 0.2) is 30.3 Å². The Bertz CT molecular complexity index is 1260. The highest BCUT2D eigenvalue weighted by Crippen LogP contribution is 2.69. The number of nitrogens with zero attached hydrogens (tertiary/aromatic N) is 1. The minimum Gasteiger partial charge on any atom is -0.461 e. The van der Waals surface area contributed by atoms with E-state index in [2.05, 4.69) is 63.1 Å². The molecular formula is C38H60N4O6. The largest absolute Gasteiger partial charge is 0.461 e. The van der Waals surface area contributed by atoms with E-state index in [0.717, 1.165) is 51.6 Å². The molecule has 48 heavy (non-hydrogen) atoms. The molecule has 0 aromatic heterocycles. The van der Waals surface area contributed by atoms with Crippen LogP contribution in [0.2, 0.25) is 0 Å². The predicted octanol–water partition coefficient (Wildman–Crippen LogP) is 4.02. The lowest BCUT2D eigenvalue weighted by molar-refractivity contribution is -0.225. The molecule has 4 saturated carbocycles. The maximum absolute atomic E-state index is 12.9. The molecular weight excluding hydrogens is 608 g/mol. The zero-order chi connectivity index (χ0) is 34.6. The van der Waals surface area contributed by atoms with Crippen molar-refractivity contribution in [2.24, 2.45) is 63.5 Å². The van der Waals surface area contributed by atoms with E-state index >= 15 is 0 Å². The van der Waals surface area contributed by atoms with Crippen LogP contribution in [0.4, 0.5) is 0 Å². The normalized spacial score (nSPS) is 36.3. The van der Waals surface area contributed by atoms with E-state index in [4.69, 9.17) is 31.4 Å². The zero-order valence-corrected chi connectivity index (χ0v) is 29.6. The summed E-state index contributed by atoms with van der Waals surface area (Å²) >= 11 is 0. The van der Waals surface area contributed by atoms with Crippen molar-refractivity contribution >= 4 is 17.9 Å². The minimum absolute atomic E-state index is 0.0797. The van der Waals surface area contributed by atoms with Gasteiger partial charge < -0.3 is 36.3 Å². The standard InChI is InChI=1S/C38H60N4O6/c1-24(9-8-16-42(4)23-25-10-6-5-7-11-25)28-12-13-29-36-30(19-32(38(28,29)3)48-35(45)22-41)37(2)15-14-27(46-33(43)20-39)17-26(37)18-31(36)47-34(44)21-40/h5-7,10-11,24,26-32,36H,8-9,12-23,39-41H2,1-4H3/t24-,26?,27-,28-,29+,30+,31-,32+,36?,37+,38?/m1/s1. The van der Waals surface area contributed by atoms with Crippen molar-refractivity contribution in [3.8, 4) is 0 Å². The van der Waals surface area contributed by atoms with Crippen LogP contribution < -0.4 is 17.2 Å². The summed E-state index contributed by atoms with van der Waals surface area (Å²) in [6.45, 7) is 8.57.